The van der Waals surface area contributed by atoms with Crippen LogP contribution in [0.3, 0.4) is 0 Å². The van der Waals surface area contributed by atoms with Gasteiger partial charge in [-0.05, 0) is 35.4 Å². The Hall–Kier alpha value is -0.710. The van der Waals surface area contributed by atoms with Gasteiger partial charge >= 0.3 is 0 Å². The largest absolute Gasteiger partial charge is 0.388 e. The molecule has 2 aromatic carbocycles. The maximum Gasteiger partial charge on any atom is 0.124 e. The molecule has 1 unspecified atom stereocenters. The number of aliphatic hydroxyl groups excluding tert-OH is 1. The Bertz CT molecular complexity index is 537. The molecule has 0 aliphatic carbocycles. The average Bonchev–Trinajstić information content (AvgIpc) is 2.31. The predicted molar refractivity (Wildman–Crippen MR) is 76.9 cm³/mol. The van der Waals surface area contributed by atoms with Gasteiger partial charge in [0, 0.05) is 15.4 Å². The van der Waals surface area contributed by atoms with E-state index >= 15 is 0 Å². The molecular formula is C14H11Br2FO. The highest BCUT2D eigenvalue weighted by Gasteiger charge is 2.12. The summed E-state index contributed by atoms with van der Waals surface area (Å²) in [6.45, 7) is 0. The lowest BCUT2D eigenvalue weighted by molar-refractivity contribution is 0.177. The fraction of sp³-hybridized carbons (Fsp3) is 0.143. The molecule has 0 radical (unpaired) electrons. The second kappa shape index (κ2) is 5.95. The van der Waals surface area contributed by atoms with E-state index in [1.165, 1.54) is 12.1 Å². The molecule has 0 saturated carbocycles. The summed E-state index contributed by atoms with van der Waals surface area (Å²) in [5.41, 5.74) is 1.56. The van der Waals surface area contributed by atoms with Crippen molar-refractivity contribution in [1.82, 2.24) is 0 Å². The minimum atomic E-state index is -0.726. The topological polar surface area (TPSA) is 20.2 Å². The summed E-state index contributed by atoms with van der Waals surface area (Å²) in [6.07, 6.45) is -0.284. The minimum Gasteiger partial charge on any atom is -0.388 e. The van der Waals surface area contributed by atoms with Gasteiger partial charge in [-0.3, -0.25) is 0 Å². The van der Waals surface area contributed by atoms with E-state index in [-0.39, 0.29) is 5.82 Å². The van der Waals surface area contributed by atoms with Gasteiger partial charge in [0.15, 0.2) is 0 Å². The van der Waals surface area contributed by atoms with Crippen LogP contribution >= 0.6 is 31.9 Å². The molecule has 94 valence electrons. The van der Waals surface area contributed by atoms with E-state index in [1.54, 1.807) is 6.07 Å². The third-order valence-corrected chi connectivity index (χ3v) is 3.87. The fourth-order valence-electron chi connectivity index (χ4n) is 1.76. The lowest BCUT2D eigenvalue weighted by Crippen LogP contribution is -2.03. The van der Waals surface area contributed by atoms with Gasteiger partial charge in [-0.2, -0.15) is 0 Å². The van der Waals surface area contributed by atoms with Crippen LogP contribution < -0.4 is 0 Å². The van der Waals surface area contributed by atoms with Crippen LogP contribution in [0.25, 0.3) is 0 Å². The highest BCUT2D eigenvalue weighted by atomic mass is 79.9. The van der Waals surface area contributed by atoms with Gasteiger partial charge in [-0.15, -0.1) is 0 Å². The van der Waals surface area contributed by atoms with Crippen LogP contribution in [0.4, 0.5) is 4.39 Å². The van der Waals surface area contributed by atoms with Gasteiger partial charge in [-0.25, -0.2) is 4.39 Å². The lowest BCUT2D eigenvalue weighted by atomic mass is 10.0. The normalized spacial score (nSPS) is 12.4. The maximum absolute atomic E-state index is 13.3. The molecule has 0 saturated heterocycles. The molecule has 1 nitrogen and oxygen atoms in total. The van der Waals surface area contributed by atoms with Gasteiger partial charge in [0.1, 0.15) is 5.82 Å². The summed E-state index contributed by atoms with van der Waals surface area (Å²) >= 11 is 6.65. The van der Waals surface area contributed by atoms with Crippen molar-refractivity contribution in [1.29, 1.82) is 0 Å². The third-order valence-electron chi connectivity index (χ3n) is 2.64. The number of benzene rings is 2. The Labute approximate surface area is 122 Å². The molecule has 2 aromatic rings. The van der Waals surface area contributed by atoms with Crippen LogP contribution in [0.1, 0.15) is 17.2 Å². The maximum atomic E-state index is 13.3. The number of aliphatic hydroxyl groups is 1. The van der Waals surface area contributed by atoms with Crippen molar-refractivity contribution in [2.75, 3.05) is 0 Å². The first-order valence-electron chi connectivity index (χ1n) is 5.44. The molecule has 1 N–H and O–H groups in total. The molecule has 0 aliphatic rings. The zero-order chi connectivity index (χ0) is 13.1. The lowest BCUT2D eigenvalue weighted by Gasteiger charge is -2.13. The molecule has 18 heavy (non-hydrogen) atoms. The smallest absolute Gasteiger partial charge is 0.124 e. The van der Waals surface area contributed by atoms with Crippen LogP contribution in [-0.4, -0.2) is 5.11 Å². The first-order chi connectivity index (χ1) is 8.56. The van der Waals surface area contributed by atoms with Crippen LogP contribution in [0.5, 0.6) is 0 Å². The molecule has 0 aromatic heterocycles. The molecule has 0 fully saturated rings. The number of halogens is 3. The molecule has 0 aliphatic heterocycles. The number of rotatable bonds is 3. The first kappa shape index (κ1) is 13.7. The van der Waals surface area contributed by atoms with Crippen molar-refractivity contribution in [3.8, 4) is 0 Å². The summed E-state index contributed by atoms with van der Waals surface area (Å²) < 4.78 is 14.8. The van der Waals surface area contributed by atoms with Crippen molar-refractivity contribution in [3.05, 3.63) is 68.4 Å². The quantitative estimate of drug-likeness (QED) is 0.831. The Balaban J connectivity index is 2.22. The highest BCUT2D eigenvalue weighted by molar-refractivity contribution is 9.10. The molecule has 0 bridgehead atoms. The van der Waals surface area contributed by atoms with E-state index in [0.29, 0.717) is 16.5 Å². The van der Waals surface area contributed by atoms with Crippen molar-refractivity contribution < 1.29 is 9.50 Å². The van der Waals surface area contributed by atoms with Crippen LogP contribution in [0.2, 0.25) is 0 Å². The van der Waals surface area contributed by atoms with Gasteiger partial charge in [-0.1, -0.05) is 50.1 Å². The minimum absolute atomic E-state index is 0.356. The molecule has 0 amide bonds. The number of hydrogen-bond acceptors (Lipinski definition) is 1. The standard InChI is InChI=1S/C14H11Br2FO/c15-11-5-10(6-12(17)8-11)14(18)7-9-3-1-2-4-13(9)16/h1-6,8,14,18H,7H2. The van der Waals surface area contributed by atoms with Gasteiger partial charge in [0.25, 0.3) is 0 Å². The van der Waals surface area contributed by atoms with E-state index < -0.39 is 6.10 Å². The van der Waals surface area contributed by atoms with Gasteiger partial charge < -0.3 is 5.11 Å². The van der Waals surface area contributed by atoms with Crippen LogP contribution in [-0.2, 0) is 6.42 Å². The second-order valence-electron chi connectivity index (χ2n) is 4.01. The highest BCUT2D eigenvalue weighted by Crippen LogP contribution is 2.26. The third kappa shape index (κ3) is 3.40. The average molecular weight is 374 g/mol. The Morgan fingerprint density at radius 3 is 2.50 bits per heavy atom. The van der Waals surface area contributed by atoms with Crippen molar-refractivity contribution in [2.45, 2.75) is 12.5 Å². The first-order valence-corrected chi connectivity index (χ1v) is 7.02. The summed E-state index contributed by atoms with van der Waals surface area (Å²) in [5, 5.41) is 10.1. The predicted octanol–water partition coefficient (Wildman–Crippen LogP) is 4.63. The zero-order valence-corrected chi connectivity index (χ0v) is 12.6. The zero-order valence-electron chi connectivity index (χ0n) is 9.41. The molecule has 2 rings (SSSR count). The Kier molecular flexibility index (Phi) is 4.54. The summed E-state index contributed by atoms with van der Waals surface area (Å²) in [4.78, 5) is 0. The van der Waals surface area contributed by atoms with Crippen molar-refractivity contribution in [2.24, 2.45) is 0 Å². The van der Waals surface area contributed by atoms with Crippen LogP contribution in [0, 0.1) is 5.82 Å². The monoisotopic (exact) mass is 372 g/mol. The van der Waals surface area contributed by atoms with Crippen LogP contribution in [0.15, 0.2) is 51.4 Å². The fourth-order valence-corrected chi connectivity index (χ4v) is 2.69. The van der Waals surface area contributed by atoms with Crippen molar-refractivity contribution in [3.63, 3.8) is 0 Å². The summed E-state index contributed by atoms with van der Waals surface area (Å²) in [6, 6.07) is 12.1. The number of hydrogen-bond donors (Lipinski definition) is 1. The SMILES string of the molecule is OC(Cc1ccccc1Br)c1cc(F)cc(Br)c1. The Morgan fingerprint density at radius 1 is 1.11 bits per heavy atom. The van der Waals surface area contributed by atoms with Crippen molar-refractivity contribution >= 4 is 31.9 Å². The molecule has 0 heterocycles. The molecule has 0 spiro atoms. The summed E-state index contributed by atoms with van der Waals surface area (Å²) in [5.74, 6) is -0.356. The molecular weight excluding hydrogens is 363 g/mol. The van der Waals surface area contributed by atoms with E-state index in [0.717, 1.165) is 10.0 Å². The Morgan fingerprint density at radius 2 is 1.83 bits per heavy atom. The van der Waals surface area contributed by atoms with E-state index in [9.17, 15) is 9.50 Å². The van der Waals surface area contributed by atoms with E-state index in [2.05, 4.69) is 31.9 Å². The summed E-state index contributed by atoms with van der Waals surface area (Å²) in [7, 11) is 0. The molecule has 4 heteroatoms. The molecule has 1 atom stereocenters. The van der Waals surface area contributed by atoms with E-state index in [4.69, 9.17) is 0 Å². The second-order valence-corrected chi connectivity index (χ2v) is 5.78. The van der Waals surface area contributed by atoms with Gasteiger partial charge in [0.05, 0.1) is 6.10 Å². The van der Waals surface area contributed by atoms with E-state index in [1.807, 2.05) is 24.3 Å². The van der Waals surface area contributed by atoms with Gasteiger partial charge in [0.2, 0.25) is 0 Å².